The van der Waals surface area contributed by atoms with E-state index in [1.807, 2.05) is 24.3 Å². The molecule has 0 fully saturated rings. The number of nitrogens with one attached hydrogen (secondary N) is 6. The topological polar surface area (TPSA) is 212 Å². The molecule has 15 heteroatoms. The molecule has 15 nitrogen and oxygen atoms in total. The first-order chi connectivity index (χ1) is 30.7. The van der Waals surface area contributed by atoms with Gasteiger partial charge in [-0.1, -0.05) is 54.6 Å². The molecule has 3 aliphatic heterocycles. The third kappa shape index (κ3) is 9.73. The van der Waals surface area contributed by atoms with Crippen LogP contribution in [0.5, 0.6) is 0 Å². The fraction of sp³-hybridized carbons (Fsp3) is 0.163. The summed E-state index contributed by atoms with van der Waals surface area (Å²) in [5, 5.41) is 17.5. The molecule has 4 heterocycles. The van der Waals surface area contributed by atoms with Crippen LogP contribution in [0.2, 0.25) is 0 Å². The molecule has 0 aliphatic carbocycles. The zero-order valence-corrected chi connectivity index (χ0v) is 35.9. The van der Waals surface area contributed by atoms with Gasteiger partial charge in [-0.15, -0.1) is 0 Å². The maximum Gasteiger partial charge on any atom is 0.270 e. The Hall–Kier alpha value is -8.33. The number of benzene rings is 4. The summed E-state index contributed by atoms with van der Waals surface area (Å²) in [5.41, 5.74) is 4.98. The number of aliphatic imine (C=N–C) groups is 2. The average Bonchev–Trinajstić information content (AvgIpc) is 3.27. The van der Waals surface area contributed by atoms with Gasteiger partial charge in [0, 0.05) is 33.9 Å². The average molecular weight is 856 g/mol. The van der Waals surface area contributed by atoms with E-state index in [-0.39, 0.29) is 33.7 Å². The highest BCUT2D eigenvalue weighted by molar-refractivity contribution is 6.30. The van der Waals surface area contributed by atoms with Crippen LogP contribution in [0, 0.1) is 0 Å². The molecule has 0 saturated carbocycles. The number of carbonyl (C=O) groups excluding carboxylic acids is 6. The van der Waals surface area contributed by atoms with Crippen LogP contribution in [0.4, 0.5) is 34.1 Å². The summed E-state index contributed by atoms with van der Waals surface area (Å²) < 4.78 is 0. The molecule has 0 radical (unpaired) electrons. The molecule has 6 N–H and O–H groups in total. The smallest absolute Gasteiger partial charge is 0.270 e. The van der Waals surface area contributed by atoms with E-state index >= 15 is 0 Å². The monoisotopic (exact) mass is 855 g/mol. The lowest BCUT2D eigenvalue weighted by Gasteiger charge is -2.19. The van der Waals surface area contributed by atoms with Gasteiger partial charge < -0.3 is 31.9 Å². The van der Waals surface area contributed by atoms with Crippen LogP contribution in [0.25, 0.3) is 0 Å². The number of rotatable bonds is 0. The minimum Gasteiger partial charge on any atom is -0.357 e. The molecule has 8 bridgehead atoms. The molecule has 8 rings (SSSR count). The molecule has 4 amide bonds. The highest BCUT2D eigenvalue weighted by Gasteiger charge is 2.26. The van der Waals surface area contributed by atoms with E-state index in [0.29, 0.717) is 56.9 Å². The quantitative estimate of drug-likeness (QED) is 0.0891. The summed E-state index contributed by atoms with van der Waals surface area (Å²) in [6.07, 6.45) is 0. The van der Waals surface area contributed by atoms with Crippen LogP contribution < -0.4 is 31.9 Å². The molecule has 0 spiro atoms. The summed E-state index contributed by atoms with van der Waals surface area (Å²) in [5.74, 6) is -3.41. The Bertz CT molecular complexity index is 2700. The summed E-state index contributed by atoms with van der Waals surface area (Å²) in [6, 6.07) is 29.4. The van der Waals surface area contributed by atoms with Gasteiger partial charge in [-0.05, 0) is 102 Å². The molecular formula is C49H45N9O6. The van der Waals surface area contributed by atoms with Crippen molar-refractivity contribution >= 4 is 80.7 Å². The Morgan fingerprint density at radius 1 is 0.453 bits per heavy atom. The number of fused-ring (bicyclic) bond motifs is 10. The van der Waals surface area contributed by atoms with Gasteiger partial charge in [-0.2, -0.15) is 0 Å². The molecule has 4 aromatic carbocycles. The number of hydrogen-bond donors (Lipinski definition) is 6. The third-order valence-electron chi connectivity index (χ3n) is 10.4. The van der Waals surface area contributed by atoms with E-state index in [4.69, 9.17) is 9.98 Å². The Balaban J connectivity index is 1.39. The number of pyridine rings is 1. The Morgan fingerprint density at radius 3 is 1.27 bits per heavy atom. The zero-order chi connectivity index (χ0) is 45.7. The predicted octanol–water partition coefficient (Wildman–Crippen LogP) is 7.95. The Labute approximate surface area is 369 Å². The number of hydrogen-bond acceptors (Lipinski definition) is 11. The van der Waals surface area contributed by atoms with Gasteiger partial charge in [0.15, 0.2) is 11.6 Å². The first kappa shape index (κ1) is 43.7. The summed E-state index contributed by atoms with van der Waals surface area (Å²) in [6.45, 7) is 9.94. The maximum atomic E-state index is 14.7. The number of para-hydroxylation sites is 4. The second kappa shape index (κ2) is 18.7. The summed E-state index contributed by atoms with van der Waals surface area (Å²) in [4.78, 5) is 97.0. The van der Waals surface area contributed by atoms with E-state index < -0.39 is 47.3 Å². The molecule has 64 heavy (non-hydrogen) atoms. The van der Waals surface area contributed by atoms with Gasteiger partial charge in [0.2, 0.25) is 11.8 Å². The van der Waals surface area contributed by atoms with Crippen molar-refractivity contribution < 1.29 is 28.8 Å². The first-order valence-corrected chi connectivity index (χ1v) is 20.4. The van der Waals surface area contributed by atoms with Gasteiger partial charge >= 0.3 is 0 Å². The number of nitrogens with zero attached hydrogens (tertiary/aromatic N) is 3. The number of ketones is 2. The van der Waals surface area contributed by atoms with Crippen LogP contribution in [0.15, 0.2) is 148 Å². The van der Waals surface area contributed by atoms with E-state index in [1.54, 1.807) is 88.4 Å². The van der Waals surface area contributed by atoms with Crippen molar-refractivity contribution in [2.75, 3.05) is 21.3 Å². The van der Waals surface area contributed by atoms with E-state index in [1.165, 1.54) is 44.2 Å². The molecule has 322 valence electrons. The highest BCUT2D eigenvalue weighted by atomic mass is 16.2. The fourth-order valence-corrected chi connectivity index (χ4v) is 7.19. The number of aromatic nitrogens is 1. The number of anilines is 4. The second-order valence-corrected chi connectivity index (χ2v) is 15.3. The largest absolute Gasteiger partial charge is 0.357 e. The lowest BCUT2D eigenvalue weighted by Crippen LogP contribution is -2.43. The van der Waals surface area contributed by atoms with Crippen molar-refractivity contribution in [1.82, 2.24) is 15.6 Å². The lowest BCUT2D eigenvalue weighted by atomic mass is 9.96. The van der Waals surface area contributed by atoms with Gasteiger partial charge in [-0.3, -0.25) is 38.8 Å². The molecule has 0 unspecified atom stereocenters. The highest BCUT2D eigenvalue weighted by Crippen LogP contribution is 2.33. The van der Waals surface area contributed by atoms with Crippen LogP contribution in [-0.4, -0.2) is 63.7 Å². The van der Waals surface area contributed by atoms with Crippen LogP contribution in [0.3, 0.4) is 0 Å². The van der Waals surface area contributed by atoms with Crippen LogP contribution in [0.1, 0.15) is 83.2 Å². The molecular weight excluding hydrogens is 811 g/mol. The van der Waals surface area contributed by atoms with Crippen molar-refractivity contribution in [3.05, 3.63) is 160 Å². The summed E-state index contributed by atoms with van der Waals surface area (Å²) >= 11 is 0. The SMILES string of the molecule is CC1=Nc2ccccc2N/C(C)=C2\C(=O)c3cccc(c3)NC(=O)[C@H](C)NC(=O)c3cccc(n3)C(=O)N[C@@H](C)C(=O)Nc3cccc(c3)C(=O)C1=C(C)Nc1ccccc1N=C2C. The predicted molar refractivity (Wildman–Crippen MR) is 248 cm³/mol. The molecule has 1 aromatic heterocycles. The lowest BCUT2D eigenvalue weighted by molar-refractivity contribution is -0.118. The van der Waals surface area contributed by atoms with Gasteiger partial charge in [0.25, 0.3) is 11.8 Å². The Kier molecular flexibility index (Phi) is 12.8. The molecule has 2 atom stereocenters. The van der Waals surface area contributed by atoms with Gasteiger partial charge in [0.1, 0.15) is 23.5 Å². The third-order valence-corrected chi connectivity index (χ3v) is 10.4. The number of Topliss-reactive ketones (excluding diaryl/α,β-unsaturated/α-hetero) is 2. The second-order valence-electron chi connectivity index (χ2n) is 15.3. The van der Waals surface area contributed by atoms with Crippen molar-refractivity contribution in [3.8, 4) is 0 Å². The molecule has 0 saturated heterocycles. The van der Waals surface area contributed by atoms with Crippen molar-refractivity contribution in [3.63, 3.8) is 0 Å². The molecule has 3 aliphatic rings. The fourth-order valence-electron chi connectivity index (χ4n) is 7.19. The maximum absolute atomic E-state index is 14.7. The number of allylic oxidation sites excluding steroid dienone is 4. The van der Waals surface area contributed by atoms with Crippen LogP contribution in [-0.2, 0) is 9.59 Å². The Morgan fingerprint density at radius 2 is 0.844 bits per heavy atom. The van der Waals surface area contributed by atoms with Gasteiger partial charge in [0.05, 0.1) is 45.3 Å². The van der Waals surface area contributed by atoms with Crippen LogP contribution >= 0.6 is 0 Å². The first-order valence-electron chi connectivity index (χ1n) is 20.4. The number of amides is 4. The van der Waals surface area contributed by atoms with Crippen molar-refractivity contribution in [2.45, 2.75) is 53.6 Å². The van der Waals surface area contributed by atoms with Crippen molar-refractivity contribution in [2.24, 2.45) is 9.98 Å². The minimum atomic E-state index is -1.07. The minimum absolute atomic E-state index is 0.142. The number of carbonyl (C=O) groups is 6. The zero-order valence-electron chi connectivity index (χ0n) is 35.9. The van der Waals surface area contributed by atoms with E-state index in [0.717, 1.165) is 0 Å². The van der Waals surface area contributed by atoms with E-state index in [2.05, 4.69) is 36.9 Å². The normalized spacial score (nSPS) is 19.0. The molecule has 5 aromatic rings. The van der Waals surface area contributed by atoms with E-state index in [9.17, 15) is 28.8 Å². The van der Waals surface area contributed by atoms with Gasteiger partial charge in [-0.25, -0.2) is 4.98 Å². The standard InChI is InChI=1S/C49H45N9O6/c1-26-42-27(2)51-38-20-9-10-21-39(38)53-29(4)43(28(3)52-37-19-8-7-18-36(37)50-26)45(60)33-15-12-17-35(25-33)57-47(62)31(6)55-49(64)41-23-13-22-40(58-41)48(63)54-30(5)46(61)56-34-16-11-14-32(24-34)44(42)59/h7-25,30-31,50,53H,1-6H3,(H,54,63)(H,55,64)(H,56,61)(H,57,62)/b42-26-,43-29?,51-27?,52-28?/t30-,31-/m0/s1. The summed E-state index contributed by atoms with van der Waals surface area (Å²) in [7, 11) is 0. The van der Waals surface area contributed by atoms with Crippen molar-refractivity contribution in [1.29, 1.82) is 0 Å².